The predicted molar refractivity (Wildman–Crippen MR) is 122 cm³/mol. The third-order valence-corrected chi connectivity index (χ3v) is 6.61. The first-order valence-electron chi connectivity index (χ1n) is 10.1. The Balaban J connectivity index is 1.79. The summed E-state index contributed by atoms with van der Waals surface area (Å²) in [7, 11) is -2.31. The van der Waals surface area contributed by atoms with Crippen molar-refractivity contribution in [3.63, 3.8) is 0 Å². The highest BCUT2D eigenvalue weighted by Crippen LogP contribution is 2.28. The lowest BCUT2D eigenvalue weighted by Crippen LogP contribution is -2.44. The minimum absolute atomic E-state index is 0.0146. The van der Waals surface area contributed by atoms with Crippen molar-refractivity contribution < 1.29 is 23.1 Å². The summed E-state index contributed by atoms with van der Waals surface area (Å²) in [6.07, 6.45) is 3.24. The standard InChI is InChI=1S/C24H26N2O5S/c1-16(2)22(24(27)28)26-32(29,30)21-12-10-18(11-13-21)17-6-8-19(9-7-17)23(31-3)20-5-4-14-25-15-20/h4-16,22-23,26H,1-3H3,(H,27,28). The van der Waals surface area contributed by atoms with Crippen LogP contribution >= 0.6 is 0 Å². The minimum atomic E-state index is -3.95. The molecule has 0 fully saturated rings. The van der Waals surface area contributed by atoms with Crippen molar-refractivity contribution in [1.82, 2.24) is 9.71 Å². The maximum absolute atomic E-state index is 12.6. The molecule has 0 aliphatic rings. The van der Waals surface area contributed by atoms with Gasteiger partial charge >= 0.3 is 5.97 Å². The van der Waals surface area contributed by atoms with Crippen molar-refractivity contribution in [3.05, 3.63) is 84.2 Å². The molecule has 3 rings (SSSR count). The van der Waals surface area contributed by atoms with Gasteiger partial charge in [0.05, 0.1) is 4.90 Å². The van der Waals surface area contributed by atoms with Crippen LogP contribution in [-0.4, -0.2) is 37.6 Å². The van der Waals surface area contributed by atoms with E-state index in [0.29, 0.717) is 0 Å². The van der Waals surface area contributed by atoms with E-state index in [9.17, 15) is 18.3 Å². The summed E-state index contributed by atoms with van der Waals surface area (Å²) in [4.78, 5) is 15.5. The van der Waals surface area contributed by atoms with E-state index in [1.807, 2.05) is 36.4 Å². The Labute approximate surface area is 188 Å². The molecule has 8 heteroatoms. The molecule has 1 aromatic heterocycles. The van der Waals surface area contributed by atoms with Crippen LogP contribution in [0.4, 0.5) is 0 Å². The summed E-state index contributed by atoms with van der Waals surface area (Å²) in [5, 5.41) is 9.26. The number of benzene rings is 2. The summed E-state index contributed by atoms with van der Waals surface area (Å²) in [6, 6.07) is 16.8. The van der Waals surface area contributed by atoms with Crippen molar-refractivity contribution in [2.45, 2.75) is 30.9 Å². The number of hydrogen-bond acceptors (Lipinski definition) is 5. The van der Waals surface area contributed by atoms with Gasteiger partial charge in [-0.25, -0.2) is 8.42 Å². The summed E-state index contributed by atoms with van der Waals surface area (Å²) >= 11 is 0. The molecule has 0 spiro atoms. The van der Waals surface area contributed by atoms with Gasteiger partial charge in [0, 0.05) is 25.1 Å². The number of carboxylic acids is 1. The van der Waals surface area contributed by atoms with E-state index in [0.717, 1.165) is 22.3 Å². The number of rotatable bonds is 9. The van der Waals surface area contributed by atoms with Gasteiger partial charge in [-0.2, -0.15) is 4.72 Å². The van der Waals surface area contributed by atoms with E-state index in [4.69, 9.17) is 4.74 Å². The molecule has 168 valence electrons. The molecular weight excluding hydrogens is 428 g/mol. The van der Waals surface area contributed by atoms with Crippen molar-refractivity contribution >= 4 is 16.0 Å². The highest BCUT2D eigenvalue weighted by molar-refractivity contribution is 7.89. The van der Waals surface area contributed by atoms with Crippen molar-refractivity contribution in [3.8, 4) is 11.1 Å². The Kier molecular flexibility index (Phi) is 7.40. The zero-order valence-electron chi connectivity index (χ0n) is 18.1. The van der Waals surface area contributed by atoms with Crippen molar-refractivity contribution in [2.75, 3.05) is 7.11 Å². The lowest BCUT2D eigenvalue weighted by atomic mass is 9.99. The Morgan fingerprint density at radius 3 is 2.03 bits per heavy atom. The lowest BCUT2D eigenvalue weighted by Gasteiger charge is -2.18. The first-order valence-corrected chi connectivity index (χ1v) is 11.6. The largest absolute Gasteiger partial charge is 0.480 e. The van der Waals surface area contributed by atoms with Gasteiger partial charge in [0.2, 0.25) is 10.0 Å². The Bertz CT molecular complexity index is 1150. The second kappa shape index (κ2) is 10.0. The van der Waals surface area contributed by atoms with E-state index < -0.39 is 22.0 Å². The van der Waals surface area contributed by atoms with E-state index in [-0.39, 0.29) is 16.9 Å². The molecule has 0 radical (unpaired) electrons. The highest BCUT2D eigenvalue weighted by atomic mass is 32.2. The number of carbonyl (C=O) groups is 1. The van der Waals surface area contributed by atoms with E-state index >= 15 is 0 Å². The van der Waals surface area contributed by atoms with Crippen LogP contribution in [0.15, 0.2) is 78.0 Å². The molecule has 32 heavy (non-hydrogen) atoms. The molecule has 0 saturated carbocycles. The number of hydrogen-bond donors (Lipinski definition) is 2. The molecule has 1 heterocycles. The minimum Gasteiger partial charge on any atom is -0.480 e. The van der Waals surface area contributed by atoms with Gasteiger partial charge < -0.3 is 9.84 Å². The van der Waals surface area contributed by atoms with Crippen LogP contribution in [-0.2, 0) is 19.6 Å². The zero-order valence-corrected chi connectivity index (χ0v) is 18.9. The molecule has 0 saturated heterocycles. The molecule has 2 N–H and O–H groups in total. The first-order chi connectivity index (χ1) is 15.2. The number of aliphatic carboxylic acids is 1. The zero-order chi connectivity index (χ0) is 23.3. The summed E-state index contributed by atoms with van der Waals surface area (Å²) in [5.41, 5.74) is 3.67. The topological polar surface area (TPSA) is 106 Å². The third-order valence-electron chi connectivity index (χ3n) is 5.15. The van der Waals surface area contributed by atoms with Crippen LogP contribution in [0.3, 0.4) is 0 Å². The van der Waals surface area contributed by atoms with Crippen LogP contribution < -0.4 is 4.72 Å². The van der Waals surface area contributed by atoms with Crippen molar-refractivity contribution in [2.24, 2.45) is 5.92 Å². The molecule has 0 bridgehead atoms. The number of nitrogens with zero attached hydrogens (tertiary/aromatic N) is 1. The lowest BCUT2D eigenvalue weighted by molar-refractivity contribution is -0.140. The molecule has 2 aromatic carbocycles. The van der Waals surface area contributed by atoms with Gasteiger partial charge in [-0.1, -0.05) is 56.3 Å². The summed E-state index contributed by atoms with van der Waals surface area (Å²) in [6.45, 7) is 3.30. The maximum atomic E-state index is 12.6. The Morgan fingerprint density at radius 2 is 1.56 bits per heavy atom. The van der Waals surface area contributed by atoms with Gasteiger partial charge in [-0.05, 0) is 40.8 Å². The number of pyridine rings is 1. The van der Waals surface area contributed by atoms with Gasteiger partial charge in [0.1, 0.15) is 12.1 Å². The third kappa shape index (κ3) is 5.40. The monoisotopic (exact) mass is 454 g/mol. The number of nitrogens with one attached hydrogen (secondary N) is 1. The quantitative estimate of drug-likeness (QED) is 0.508. The predicted octanol–water partition coefficient (Wildman–Crippen LogP) is 3.87. The SMILES string of the molecule is COC(c1ccc(-c2ccc(S(=O)(=O)NC(C(=O)O)C(C)C)cc2)cc1)c1cccnc1. The number of methoxy groups -OCH3 is 1. The fraction of sp³-hybridized carbons (Fsp3) is 0.250. The molecule has 0 amide bonds. The normalized spacial score (nSPS) is 13.6. The summed E-state index contributed by atoms with van der Waals surface area (Å²) in [5.74, 6) is -1.59. The van der Waals surface area contributed by atoms with Crippen molar-refractivity contribution in [1.29, 1.82) is 0 Å². The van der Waals surface area contributed by atoms with E-state index in [2.05, 4.69) is 9.71 Å². The van der Waals surface area contributed by atoms with Crippen LogP contribution in [0, 0.1) is 5.92 Å². The maximum Gasteiger partial charge on any atom is 0.322 e. The number of carboxylic acid groups (broad SMARTS) is 1. The highest BCUT2D eigenvalue weighted by Gasteiger charge is 2.28. The Morgan fingerprint density at radius 1 is 0.969 bits per heavy atom. The van der Waals surface area contributed by atoms with Crippen LogP contribution in [0.5, 0.6) is 0 Å². The first kappa shape index (κ1) is 23.6. The van der Waals surface area contributed by atoms with Gasteiger partial charge in [0.25, 0.3) is 0 Å². The van der Waals surface area contributed by atoms with Crippen LogP contribution in [0.25, 0.3) is 11.1 Å². The number of ether oxygens (including phenoxy) is 1. The second-order valence-corrected chi connectivity index (χ2v) is 9.44. The molecule has 0 aliphatic heterocycles. The van der Waals surface area contributed by atoms with E-state index in [1.165, 1.54) is 12.1 Å². The molecule has 7 nitrogen and oxygen atoms in total. The fourth-order valence-electron chi connectivity index (χ4n) is 3.38. The second-order valence-electron chi connectivity index (χ2n) is 7.73. The van der Waals surface area contributed by atoms with Crippen LogP contribution in [0.1, 0.15) is 31.1 Å². The average molecular weight is 455 g/mol. The average Bonchev–Trinajstić information content (AvgIpc) is 2.79. The van der Waals surface area contributed by atoms with Gasteiger partial charge in [-0.15, -0.1) is 0 Å². The molecule has 2 unspecified atom stereocenters. The molecule has 2 atom stereocenters. The molecule has 0 aliphatic carbocycles. The van der Waals surface area contributed by atoms with Gasteiger partial charge in [0.15, 0.2) is 0 Å². The Hall–Kier alpha value is -3.07. The molecular formula is C24H26N2O5S. The van der Waals surface area contributed by atoms with Crippen LogP contribution in [0.2, 0.25) is 0 Å². The molecule has 3 aromatic rings. The number of sulfonamides is 1. The smallest absolute Gasteiger partial charge is 0.322 e. The summed E-state index contributed by atoms with van der Waals surface area (Å²) < 4.78 is 33.1. The number of aromatic nitrogens is 1. The van der Waals surface area contributed by atoms with E-state index in [1.54, 1.807) is 45.5 Å². The fourth-order valence-corrected chi connectivity index (χ4v) is 4.72. The van der Waals surface area contributed by atoms with Gasteiger partial charge in [-0.3, -0.25) is 9.78 Å².